The summed E-state index contributed by atoms with van der Waals surface area (Å²) >= 11 is 0. The van der Waals surface area contributed by atoms with Crippen LogP contribution in [0, 0.1) is 29.5 Å². The van der Waals surface area contributed by atoms with E-state index in [1.54, 1.807) is 0 Å². The molecule has 0 spiro atoms. The second kappa shape index (κ2) is 6.33. The molecule has 5 heteroatoms. The van der Waals surface area contributed by atoms with Gasteiger partial charge in [-0.1, -0.05) is 12.1 Å². The van der Waals surface area contributed by atoms with E-state index in [0.717, 1.165) is 35.8 Å². The first kappa shape index (κ1) is 17.2. The van der Waals surface area contributed by atoms with Crippen LogP contribution in [-0.2, 0) is 10.0 Å². The summed E-state index contributed by atoms with van der Waals surface area (Å²) in [6.07, 6.45) is 6.93. The maximum absolute atomic E-state index is 13.0. The number of halogens is 1. The zero-order chi connectivity index (χ0) is 18.6. The molecule has 4 bridgehead atoms. The molecule has 0 unspecified atom stereocenters. The fraction of sp³-hybridized carbons (Fsp3) is 0.455. The summed E-state index contributed by atoms with van der Waals surface area (Å²) in [5.74, 6) is 3.71. The Morgan fingerprint density at radius 1 is 0.778 bits per heavy atom. The minimum absolute atomic E-state index is 0.0639. The van der Waals surface area contributed by atoms with E-state index in [1.165, 1.54) is 49.8 Å². The number of anilines is 1. The third-order valence-electron chi connectivity index (χ3n) is 6.90. The lowest BCUT2D eigenvalue weighted by atomic mass is 9.51. The Morgan fingerprint density at radius 2 is 1.33 bits per heavy atom. The highest BCUT2D eigenvalue weighted by Gasteiger charge is 2.48. The summed E-state index contributed by atoms with van der Waals surface area (Å²) in [6, 6.07) is 12.8. The molecule has 0 radical (unpaired) electrons. The lowest BCUT2D eigenvalue weighted by Crippen LogP contribution is -2.43. The quantitative estimate of drug-likeness (QED) is 0.789. The van der Waals surface area contributed by atoms with Crippen molar-refractivity contribution in [2.45, 2.75) is 42.9 Å². The lowest BCUT2D eigenvalue weighted by molar-refractivity contribution is -0.00277. The van der Waals surface area contributed by atoms with E-state index < -0.39 is 15.8 Å². The SMILES string of the molecule is O=S(=O)(Nc1ccc(C2C3CC4CC(C3)CC2C4)cc1)c1ccc(F)cc1. The van der Waals surface area contributed by atoms with Crippen LogP contribution < -0.4 is 4.72 Å². The third kappa shape index (κ3) is 3.16. The molecule has 0 atom stereocenters. The highest BCUT2D eigenvalue weighted by atomic mass is 32.2. The van der Waals surface area contributed by atoms with Crippen LogP contribution in [0.5, 0.6) is 0 Å². The predicted octanol–water partition coefficient (Wildman–Crippen LogP) is 5.17. The molecule has 27 heavy (non-hydrogen) atoms. The average Bonchev–Trinajstić information content (AvgIpc) is 2.62. The number of benzene rings is 2. The Kier molecular flexibility index (Phi) is 4.04. The Labute approximate surface area is 160 Å². The summed E-state index contributed by atoms with van der Waals surface area (Å²) in [6.45, 7) is 0. The number of hydrogen-bond acceptors (Lipinski definition) is 2. The van der Waals surface area contributed by atoms with E-state index in [2.05, 4.69) is 16.9 Å². The predicted molar refractivity (Wildman–Crippen MR) is 103 cm³/mol. The molecule has 2 aromatic rings. The topological polar surface area (TPSA) is 46.2 Å². The average molecular weight is 386 g/mol. The highest BCUT2D eigenvalue weighted by molar-refractivity contribution is 7.92. The van der Waals surface area contributed by atoms with E-state index >= 15 is 0 Å². The summed E-state index contributed by atoms with van der Waals surface area (Å²) in [4.78, 5) is 0.0639. The van der Waals surface area contributed by atoms with Crippen molar-refractivity contribution < 1.29 is 12.8 Å². The summed E-state index contributed by atoms with van der Waals surface area (Å²) < 4.78 is 40.6. The van der Waals surface area contributed by atoms with Gasteiger partial charge >= 0.3 is 0 Å². The number of sulfonamides is 1. The molecule has 4 fully saturated rings. The van der Waals surface area contributed by atoms with Gasteiger partial charge in [-0.15, -0.1) is 0 Å². The summed E-state index contributed by atoms with van der Waals surface area (Å²) in [5, 5.41) is 0. The van der Waals surface area contributed by atoms with Crippen LogP contribution in [0.4, 0.5) is 10.1 Å². The zero-order valence-electron chi connectivity index (χ0n) is 15.1. The highest BCUT2D eigenvalue weighted by Crippen LogP contribution is 2.59. The van der Waals surface area contributed by atoms with Gasteiger partial charge in [0.2, 0.25) is 0 Å². The van der Waals surface area contributed by atoms with Crippen LogP contribution in [-0.4, -0.2) is 8.42 Å². The smallest absolute Gasteiger partial charge is 0.261 e. The third-order valence-corrected chi connectivity index (χ3v) is 8.30. The Morgan fingerprint density at radius 3 is 1.89 bits per heavy atom. The van der Waals surface area contributed by atoms with Gasteiger partial charge in [-0.05, 0) is 104 Å². The van der Waals surface area contributed by atoms with Crippen molar-refractivity contribution in [1.82, 2.24) is 0 Å². The van der Waals surface area contributed by atoms with Crippen molar-refractivity contribution in [3.05, 3.63) is 59.9 Å². The maximum Gasteiger partial charge on any atom is 0.261 e. The van der Waals surface area contributed by atoms with Crippen molar-refractivity contribution in [2.24, 2.45) is 23.7 Å². The number of hydrogen-bond donors (Lipinski definition) is 1. The van der Waals surface area contributed by atoms with Crippen LogP contribution in [0.3, 0.4) is 0 Å². The molecule has 0 aromatic heterocycles. The van der Waals surface area contributed by atoms with Crippen LogP contribution in [0.25, 0.3) is 0 Å². The van der Waals surface area contributed by atoms with Crippen molar-refractivity contribution in [1.29, 1.82) is 0 Å². The molecular formula is C22H24FNO2S. The van der Waals surface area contributed by atoms with Gasteiger partial charge in [0.15, 0.2) is 0 Å². The monoisotopic (exact) mass is 385 g/mol. The minimum atomic E-state index is -3.70. The first-order valence-electron chi connectivity index (χ1n) is 9.86. The zero-order valence-corrected chi connectivity index (χ0v) is 16.0. The molecule has 3 nitrogen and oxygen atoms in total. The van der Waals surface area contributed by atoms with Crippen molar-refractivity contribution in [2.75, 3.05) is 4.72 Å². The van der Waals surface area contributed by atoms with Gasteiger partial charge < -0.3 is 0 Å². The summed E-state index contributed by atoms with van der Waals surface area (Å²) in [7, 11) is -3.70. The molecule has 142 valence electrons. The van der Waals surface area contributed by atoms with Crippen LogP contribution >= 0.6 is 0 Å². The first-order chi connectivity index (χ1) is 13.0. The Hall–Kier alpha value is -1.88. The van der Waals surface area contributed by atoms with Gasteiger partial charge in [-0.2, -0.15) is 0 Å². The molecule has 0 heterocycles. The van der Waals surface area contributed by atoms with E-state index in [1.807, 2.05) is 12.1 Å². The molecule has 0 aliphatic heterocycles. The van der Waals surface area contributed by atoms with Crippen LogP contribution in [0.2, 0.25) is 0 Å². The molecule has 6 rings (SSSR count). The Balaban J connectivity index is 1.34. The van der Waals surface area contributed by atoms with Crippen molar-refractivity contribution in [3.63, 3.8) is 0 Å². The van der Waals surface area contributed by atoms with Gasteiger partial charge in [0.05, 0.1) is 4.90 Å². The molecular weight excluding hydrogens is 361 g/mol. The second-order valence-corrected chi connectivity index (χ2v) is 10.3. The number of rotatable bonds is 4. The maximum atomic E-state index is 13.0. The van der Waals surface area contributed by atoms with Gasteiger partial charge in [-0.3, -0.25) is 4.72 Å². The van der Waals surface area contributed by atoms with Crippen molar-refractivity contribution in [3.8, 4) is 0 Å². The van der Waals surface area contributed by atoms with Gasteiger partial charge in [0, 0.05) is 5.69 Å². The minimum Gasteiger partial charge on any atom is -0.280 e. The van der Waals surface area contributed by atoms with Crippen LogP contribution in [0.15, 0.2) is 53.4 Å². The normalized spacial score (nSPS) is 31.8. The largest absolute Gasteiger partial charge is 0.280 e. The van der Waals surface area contributed by atoms with Gasteiger partial charge in [0.25, 0.3) is 10.0 Å². The molecule has 2 aromatic carbocycles. The van der Waals surface area contributed by atoms with E-state index in [9.17, 15) is 12.8 Å². The Bertz CT molecular complexity index is 909. The van der Waals surface area contributed by atoms with Gasteiger partial charge in [-0.25, -0.2) is 12.8 Å². The summed E-state index contributed by atoms with van der Waals surface area (Å²) in [5.41, 5.74) is 1.90. The molecule has 1 N–H and O–H groups in total. The first-order valence-corrected chi connectivity index (χ1v) is 11.3. The van der Waals surface area contributed by atoms with E-state index in [4.69, 9.17) is 0 Å². The lowest BCUT2D eigenvalue weighted by Gasteiger charge is -2.54. The number of nitrogens with one attached hydrogen (secondary N) is 1. The molecule has 4 aliphatic rings. The standard InChI is InChI=1S/C22H24FNO2S/c23-19-3-7-21(8-4-19)27(25,26)24-20-5-1-16(2-6-20)22-17-10-14-9-15(12-17)13-18(22)11-14/h1-8,14-15,17-18,22,24H,9-13H2. The fourth-order valence-corrected chi connectivity index (χ4v) is 7.13. The molecule has 0 amide bonds. The van der Waals surface area contributed by atoms with Crippen molar-refractivity contribution >= 4 is 15.7 Å². The fourth-order valence-electron chi connectivity index (χ4n) is 6.07. The molecule has 0 saturated heterocycles. The van der Waals surface area contributed by atoms with E-state index in [0.29, 0.717) is 11.6 Å². The molecule has 4 saturated carbocycles. The van der Waals surface area contributed by atoms with Gasteiger partial charge in [0.1, 0.15) is 5.82 Å². The van der Waals surface area contributed by atoms with E-state index in [-0.39, 0.29) is 4.90 Å². The van der Waals surface area contributed by atoms with Crippen LogP contribution in [0.1, 0.15) is 43.6 Å². The molecule has 4 aliphatic carbocycles. The second-order valence-electron chi connectivity index (χ2n) is 8.64.